The van der Waals surface area contributed by atoms with Gasteiger partial charge in [0.15, 0.2) is 11.6 Å². The Kier molecular flexibility index (Phi) is 4.58. The summed E-state index contributed by atoms with van der Waals surface area (Å²) in [6, 6.07) is 6.11. The van der Waals surface area contributed by atoms with E-state index in [1.807, 2.05) is 0 Å². The molecule has 0 radical (unpaired) electrons. The van der Waals surface area contributed by atoms with Crippen LogP contribution in [0, 0.1) is 0 Å². The van der Waals surface area contributed by atoms with Crippen molar-refractivity contribution in [2.75, 3.05) is 0 Å². The minimum atomic E-state index is -1.44. The Labute approximate surface area is 166 Å². The van der Waals surface area contributed by atoms with Crippen LogP contribution in [0.25, 0.3) is 0 Å². The summed E-state index contributed by atoms with van der Waals surface area (Å²) in [7, 11) is 0. The molecule has 2 aromatic rings. The number of carbonyl (C=O) groups excluding carboxylic acids is 3. The molecule has 0 bridgehead atoms. The van der Waals surface area contributed by atoms with Gasteiger partial charge in [-0.15, -0.1) is 12.4 Å². The number of ketones is 3. The SMILES string of the molecule is CC(=O)[C@]1(N)Cc2c(O)c3c(c(O)c2[C@@H](O)C1)C(=O)c1ccccc1C3=O.Cl. The molecule has 28 heavy (non-hydrogen) atoms. The zero-order valence-electron chi connectivity index (χ0n) is 14.9. The molecule has 0 spiro atoms. The van der Waals surface area contributed by atoms with Crippen LogP contribution in [0.15, 0.2) is 24.3 Å². The Morgan fingerprint density at radius 1 is 1.07 bits per heavy atom. The molecule has 2 aliphatic rings. The minimum Gasteiger partial charge on any atom is -0.507 e. The van der Waals surface area contributed by atoms with Crippen LogP contribution < -0.4 is 5.73 Å². The second-order valence-corrected chi connectivity index (χ2v) is 7.15. The number of carbonyl (C=O) groups is 3. The highest BCUT2D eigenvalue weighted by atomic mass is 35.5. The standard InChI is InChI=1S/C20H17NO6.ClH/c1-8(22)20(21)6-11-13(12(23)7-20)19(27)15-14(18(11)26)16(24)9-4-2-3-5-10(9)17(15)25;/h2-5,12,23,26-27H,6-7,21H2,1H3;1H/t12-,20-;/m0./s1. The van der Waals surface area contributed by atoms with Gasteiger partial charge in [-0.05, 0) is 6.92 Å². The largest absolute Gasteiger partial charge is 0.507 e. The summed E-state index contributed by atoms with van der Waals surface area (Å²) in [6.45, 7) is 1.28. The van der Waals surface area contributed by atoms with Gasteiger partial charge in [0, 0.05) is 35.1 Å². The first-order valence-electron chi connectivity index (χ1n) is 8.44. The predicted octanol–water partition coefficient (Wildman–Crippen LogP) is 1.56. The lowest BCUT2D eigenvalue weighted by Gasteiger charge is -2.37. The van der Waals surface area contributed by atoms with Gasteiger partial charge in [-0.1, -0.05) is 24.3 Å². The normalized spacial score (nSPS) is 22.6. The molecular formula is C20H18ClNO6. The number of rotatable bonds is 1. The van der Waals surface area contributed by atoms with E-state index in [0.717, 1.165) is 0 Å². The monoisotopic (exact) mass is 403 g/mol. The molecule has 2 aromatic carbocycles. The van der Waals surface area contributed by atoms with E-state index in [1.54, 1.807) is 12.1 Å². The van der Waals surface area contributed by atoms with E-state index in [-0.39, 0.29) is 58.6 Å². The third-order valence-corrected chi connectivity index (χ3v) is 5.54. The molecule has 5 N–H and O–H groups in total. The Morgan fingerprint density at radius 3 is 2.07 bits per heavy atom. The first kappa shape index (κ1) is 20.0. The van der Waals surface area contributed by atoms with Crippen LogP contribution in [-0.2, 0) is 11.2 Å². The van der Waals surface area contributed by atoms with E-state index in [4.69, 9.17) is 5.73 Å². The zero-order chi connectivity index (χ0) is 19.7. The van der Waals surface area contributed by atoms with Gasteiger partial charge in [-0.25, -0.2) is 0 Å². The van der Waals surface area contributed by atoms with Crippen LogP contribution in [0.1, 0.15) is 62.4 Å². The average molecular weight is 404 g/mol. The molecule has 8 heteroatoms. The molecule has 0 aromatic heterocycles. The number of aliphatic hydroxyl groups is 1. The molecule has 4 rings (SSSR count). The Bertz CT molecular complexity index is 1060. The Balaban J connectivity index is 0.00000225. The predicted molar refractivity (Wildman–Crippen MR) is 101 cm³/mol. The lowest BCUT2D eigenvalue weighted by molar-refractivity contribution is -0.123. The van der Waals surface area contributed by atoms with Gasteiger partial charge < -0.3 is 21.1 Å². The van der Waals surface area contributed by atoms with Crippen molar-refractivity contribution in [3.05, 3.63) is 57.6 Å². The van der Waals surface area contributed by atoms with Crippen LogP contribution in [0.5, 0.6) is 11.5 Å². The van der Waals surface area contributed by atoms with E-state index >= 15 is 0 Å². The van der Waals surface area contributed by atoms with Crippen molar-refractivity contribution < 1.29 is 29.7 Å². The van der Waals surface area contributed by atoms with Crippen LogP contribution >= 0.6 is 12.4 Å². The summed E-state index contributed by atoms with van der Waals surface area (Å²) < 4.78 is 0. The van der Waals surface area contributed by atoms with E-state index in [1.165, 1.54) is 19.1 Å². The van der Waals surface area contributed by atoms with Crippen LogP contribution in [0.3, 0.4) is 0 Å². The number of fused-ring (bicyclic) bond motifs is 3. The Morgan fingerprint density at radius 2 is 1.57 bits per heavy atom. The van der Waals surface area contributed by atoms with Gasteiger partial charge in [0.2, 0.25) is 0 Å². The molecule has 146 valence electrons. The fourth-order valence-corrected chi connectivity index (χ4v) is 4.02. The smallest absolute Gasteiger partial charge is 0.198 e. The van der Waals surface area contributed by atoms with Crippen molar-refractivity contribution in [1.29, 1.82) is 0 Å². The number of nitrogens with two attached hydrogens (primary N) is 1. The van der Waals surface area contributed by atoms with Crippen molar-refractivity contribution in [1.82, 2.24) is 0 Å². The number of Topliss-reactive ketones (excluding diaryl/α,β-unsaturated/α-hetero) is 1. The van der Waals surface area contributed by atoms with Gasteiger partial charge in [-0.3, -0.25) is 14.4 Å². The molecule has 2 aliphatic carbocycles. The average Bonchev–Trinajstić information content (AvgIpc) is 2.62. The van der Waals surface area contributed by atoms with Gasteiger partial charge in [0.25, 0.3) is 0 Å². The van der Waals surface area contributed by atoms with Crippen molar-refractivity contribution >= 4 is 29.8 Å². The molecule has 7 nitrogen and oxygen atoms in total. The third kappa shape index (κ3) is 2.47. The quantitative estimate of drug-likeness (QED) is 0.452. The number of hydrogen-bond donors (Lipinski definition) is 4. The molecule has 0 saturated heterocycles. The first-order chi connectivity index (χ1) is 12.7. The van der Waals surface area contributed by atoms with Crippen LogP contribution in [0.4, 0.5) is 0 Å². The van der Waals surface area contributed by atoms with E-state index in [2.05, 4.69) is 0 Å². The van der Waals surface area contributed by atoms with E-state index in [0.29, 0.717) is 0 Å². The van der Waals surface area contributed by atoms with Gasteiger partial charge >= 0.3 is 0 Å². The maximum absolute atomic E-state index is 12.9. The molecule has 2 atom stereocenters. The van der Waals surface area contributed by atoms with Crippen LogP contribution in [0.2, 0.25) is 0 Å². The number of phenols is 2. The number of hydrogen-bond acceptors (Lipinski definition) is 7. The number of benzene rings is 2. The van der Waals surface area contributed by atoms with Gasteiger partial charge in [-0.2, -0.15) is 0 Å². The number of aromatic hydroxyl groups is 2. The van der Waals surface area contributed by atoms with E-state index in [9.17, 15) is 29.7 Å². The molecule has 0 fully saturated rings. The molecular weight excluding hydrogens is 386 g/mol. The fraction of sp³-hybridized carbons (Fsp3) is 0.250. The number of aliphatic hydroxyl groups excluding tert-OH is 1. The molecule has 0 unspecified atom stereocenters. The zero-order valence-corrected chi connectivity index (χ0v) is 15.7. The second-order valence-electron chi connectivity index (χ2n) is 7.15. The molecule has 0 saturated carbocycles. The highest BCUT2D eigenvalue weighted by molar-refractivity contribution is 6.30. The van der Waals surface area contributed by atoms with Crippen LogP contribution in [-0.4, -0.2) is 38.2 Å². The number of phenolic OH excluding ortho intramolecular Hbond substituents is 2. The summed E-state index contributed by atoms with van der Waals surface area (Å²) in [5, 5.41) is 32.0. The fourth-order valence-electron chi connectivity index (χ4n) is 4.02. The summed E-state index contributed by atoms with van der Waals surface area (Å²) in [5.41, 5.74) is 4.18. The maximum atomic E-state index is 12.9. The topological polar surface area (TPSA) is 138 Å². The van der Waals surface area contributed by atoms with Crippen molar-refractivity contribution in [2.45, 2.75) is 31.4 Å². The minimum absolute atomic E-state index is 0. The van der Waals surface area contributed by atoms with E-state index < -0.39 is 40.5 Å². The highest BCUT2D eigenvalue weighted by Crippen LogP contribution is 2.49. The van der Waals surface area contributed by atoms with Crippen molar-refractivity contribution in [3.8, 4) is 11.5 Å². The van der Waals surface area contributed by atoms with Gasteiger partial charge in [0.05, 0.1) is 22.8 Å². The van der Waals surface area contributed by atoms with Crippen molar-refractivity contribution in [2.24, 2.45) is 5.73 Å². The lowest BCUT2D eigenvalue weighted by atomic mass is 9.71. The number of halogens is 1. The summed E-state index contributed by atoms with van der Waals surface area (Å²) in [4.78, 5) is 37.7. The van der Waals surface area contributed by atoms with Crippen molar-refractivity contribution in [3.63, 3.8) is 0 Å². The summed E-state index contributed by atoms with van der Waals surface area (Å²) >= 11 is 0. The molecule has 0 heterocycles. The third-order valence-electron chi connectivity index (χ3n) is 5.54. The van der Waals surface area contributed by atoms with Gasteiger partial charge in [0.1, 0.15) is 17.3 Å². The highest BCUT2D eigenvalue weighted by Gasteiger charge is 2.45. The lowest BCUT2D eigenvalue weighted by Crippen LogP contribution is -2.52. The second kappa shape index (κ2) is 6.41. The first-order valence-corrected chi connectivity index (χ1v) is 8.44. The summed E-state index contributed by atoms with van der Waals surface area (Å²) in [5.74, 6) is -2.69. The molecule has 0 aliphatic heterocycles. The summed E-state index contributed by atoms with van der Waals surface area (Å²) in [6.07, 6.45) is -1.69. The Hall–Kier alpha value is -2.74. The maximum Gasteiger partial charge on any atom is 0.198 e. The molecule has 0 amide bonds.